The number of carboxylic acids is 1. The molecular weight excluding hydrogens is 334 g/mol. The molecule has 0 aliphatic rings. The Bertz CT molecular complexity index is 845. The van der Waals surface area contributed by atoms with Gasteiger partial charge in [-0.1, -0.05) is 41.9 Å². The second-order valence-corrected chi connectivity index (χ2v) is 5.84. The molecule has 6 heteroatoms. The minimum absolute atomic E-state index is 0.0627. The lowest BCUT2D eigenvalue weighted by molar-refractivity contribution is -0.136. The standard InChI is InChI=1S/C17H12ClNO3S/c18-13-6-4-10(5-7-13)11-2-1-3-12(8-11)14-9-19-16(22-14)15(23)17(20)21/h1-9,15,23H,(H,20,21). The zero-order valence-electron chi connectivity index (χ0n) is 11.8. The fourth-order valence-electron chi connectivity index (χ4n) is 2.15. The van der Waals surface area contributed by atoms with Crippen molar-refractivity contribution in [2.75, 3.05) is 0 Å². The van der Waals surface area contributed by atoms with Gasteiger partial charge in [-0.2, -0.15) is 12.6 Å². The summed E-state index contributed by atoms with van der Waals surface area (Å²) in [6.45, 7) is 0. The quantitative estimate of drug-likeness (QED) is 0.672. The van der Waals surface area contributed by atoms with Crippen molar-refractivity contribution in [2.24, 2.45) is 0 Å². The van der Waals surface area contributed by atoms with E-state index in [0.717, 1.165) is 16.7 Å². The molecule has 0 radical (unpaired) electrons. The van der Waals surface area contributed by atoms with Crippen LogP contribution in [-0.4, -0.2) is 16.1 Å². The Hall–Kier alpha value is -2.24. The molecule has 0 spiro atoms. The highest BCUT2D eigenvalue weighted by Gasteiger charge is 2.21. The molecule has 1 unspecified atom stereocenters. The van der Waals surface area contributed by atoms with E-state index in [1.807, 2.05) is 48.5 Å². The number of hydrogen-bond donors (Lipinski definition) is 2. The largest absolute Gasteiger partial charge is 0.480 e. The van der Waals surface area contributed by atoms with Crippen molar-refractivity contribution in [3.63, 3.8) is 0 Å². The predicted octanol–water partition coefficient (Wildman–Crippen LogP) is 4.72. The van der Waals surface area contributed by atoms with Gasteiger partial charge in [-0.05, 0) is 29.3 Å². The third-order valence-corrected chi connectivity index (χ3v) is 4.01. The number of aromatic nitrogens is 1. The van der Waals surface area contributed by atoms with Crippen molar-refractivity contribution < 1.29 is 14.3 Å². The molecule has 0 saturated carbocycles. The molecule has 3 aromatic rings. The zero-order chi connectivity index (χ0) is 16.4. The van der Waals surface area contributed by atoms with Crippen LogP contribution in [0.4, 0.5) is 0 Å². The molecule has 1 aromatic heterocycles. The van der Waals surface area contributed by atoms with Crippen molar-refractivity contribution in [2.45, 2.75) is 5.25 Å². The topological polar surface area (TPSA) is 63.3 Å². The molecule has 116 valence electrons. The van der Waals surface area contributed by atoms with Gasteiger partial charge >= 0.3 is 5.97 Å². The number of benzene rings is 2. The number of thiol groups is 1. The first-order valence-corrected chi connectivity index (χ1v) is 7.67. The van der Waals surface area contributed by atoms with Crippen molar-refractivity contribution in [1.29, 1.82) is 0 Å². The van der Waals surface area contributed by atoms with Crippen molar-refractivity contribution in [1.82, 2.24) is 4.98 Å². The van der Waals surface area contributed by atoms with E-state index in [-0.39, 0.29) is 5.89 Å². The fraction of sp³-hybridized carbons (Fsp3) is 0.0588. The Morgan fingerprint density at radius 3 is 2.52 bits per heavy atom. The fourth-order valence-corrected chi connectivity index (χ4v) is 2.39. The number of aliphatic carboxylic acids is 1. The summed E-state index contributed by atoms with van der Waals surface area (Å²) in [4.78, 5) is 14.9. The highest BCUT2D eigenvalue weighted by molar-refractivity contribution is 7.81. The molecule has 1 atom stereocenters. The average molecular weight is 346 g/mol. The van der Waals surface area contributed by atoms with Gasteiger partial charge in [0, 0.05) is 10.6 Å². The molecular formula is C17H12ClNO3S. The van der Waals surface area contributed by atoms with Gasteiger partial charge in [-0.15, -0.1) is 0 Å². The van der Waals surface area contributed by atoms with E-state index in [1.54, 1.807) is 0 Å². The van der Waals surface area contributed by atoms with E-state index < -0.39 is 11.2 Å². The zero-order valence-corrected chi connectivity index (χ0v) is 13.5. The molecule has 0 bridgehead atoms. The van der Waals surface area contributed by atoms with Crippen molar-refractivity contribution >= 4 is 30.2 Å². The van der Waals surface area contributed by atoms with Crippen LogP contribution < -0.4 is 0 Å². The number of halogens is 1. The number of nitrogens with zero attached hydrogens (tertiary/aromatic N) is 1. The van der Waals surface area contributed by atoms with Crippen LogP contribution in [0, 0.1) is 0 Å². The Morgan fingerprint density at radius 2 is 1.83 bits per heavy atom. The average Bonchev–Trinajstić information content (AvgIpc) is 3.05. The van der Waals surface area contributed by atoms with Crippen LogP contribution in [0.1, 0.15) is 11.1 Å². The molecule has 4 nitrogen and oxygen atoms in total. The summed E-state index contributed by atoms with van der Waals surface area (Å²) in [6, 6.07) is 15.2. The molecule has 1 heterocycles. The summed E-state index contributed by atoms with van der Waals surface area (Å²) in [7, 11) is 0. The van der Waals surface area contributed by atoms with Gasteiger partial charge in [0.05, 0.1) is 6.20 Å². The van der Waals surface area contributed by atoms with Crippen LogP contribution in [0.3, 0.4) is 0 Å². The lowest BCUT2D eigenvalue weighted by atomic mass is 10.0. The first-order chi connectivity index (χ1) is 11.0. The van der Waals surface area contributed by atoms with Crippen LogP contribution in [0.15, 0.2) is 59.1 Å². The number of carbonyl (C=O) groups is 1. The van der Waals surface area contributed by atoms with Crippen molar-refractivity contribution in [3.05, 3.63) is 65.6 Å². The Morgan fingerprint density at radius 1 is 1.13 bits per heavy atom. The maximum absolute atomic E-state index is 10.9. The molecule has 1 N–H and O–H groups in total. The molecule has 2 aromatic carbocycles. The summed E-state index contributed by atoms with van der Waals surface area (Å²) < 4.78 is 5.51. The molecule has 3 rings (SSSR count). The minimum atomic E-state index is -1.10. The monoisotopic (exact) mass is 345 g/mol. The van der Waals surface area contributed by atoms with E-state index in [0.29, 0.717) is 10.8 Å². The molecule has 0 aliphatic heterocycles. The van der Waals surface area contributed by atoms with E-state index in [9.17, 15) is 4.79 Å². The lowest BCUT2D eigenvalue weighted by Gasteiger charge is -2.04. The first kappa shape index (κ1) is 15.6. The second-order valence-electron chi connectivity index (χ2n) is 4.89. The summed E-state index contributed by atoms with van der Waals surface area (Å²) in [5.41, 5.74) is 2.83. The number of oxazole rings is 1. The van der Waals surface area contributed by atoms with Gasteiger partial charge in [0.1, 0.15) is 0 Å². The Labute approximate surface area is 143 Å². The van der Waals surface area contributed by atoms with E-state index in [1.165, 1.54) is 6.20 Å². The van der Waals surface area contributed by atoms with Gasteiger partial charge in [-0.3, -0.25) is 4.79 Å². The molecule has 0 fully saturated rings. The normalized spacial score (nSPS) is 12.1. The third-order valence-electron chi connectivity index (χ3n) is 3.32. The Kier molecular flexibility index (Phi) is 4.41. The van der Waals surface area contributed by atoms with Crippen LogP contribution >= 0.6 is 24.2 Å². The van der Waals surface area contributed by atoms with E-state index >= 15 is 0 Å². The number of hydrogen-bond acceptors (Lipinski definition) is 4. The SMILES string of the molecule is O=C(O)C(S)c1ncc(-c2cccc(-c3ccc(Cl)cc3)c2)o1. The predicted molar refractivity (Wildman–Crippen MR) is 91.7 cm³/mol. The Balaban J connectivity index is 1.94. The molecule has 0 saturated heterocycles. The lowest BCUT2D eigenvalue weighted by Crippen LogP contribution is -2.04. The van der Waals surface area contributed by atoms with E-state index in [4.69, 9.17) is 21.1 Å². The molecule has 23 heavy (non-hydrogen) atoms. The summed E-state index contributed by atoms with van der Waals surface area (Å²) in [5, 5.41) is 8.54. The summed E-state index contributed by atoms with van der Waals surface area (Å²) in [6.07, 6.45) is 1.50. The number of carboxylic acid groups (broad SMARTS) is 1. The summed E-state index contributed by atoms with van der Waals surface area (Å²) >= 11 is 9.86. The van der Waals surface area contributed by atoms with Gasteiger partial charge in [-0.25, -0.2) is 4.98 Å². The maximum Gasteiger partial charge on any atom is 0.325 e. The van der Waals surface area contributed by atoms with E-state index in [2.05, 4.69) is 17.6 Å². The van der Waals surface area contributed by atoms with Crippen molar-refractivity contribution in [3.8, 4) is 22.5 Å². The van der Waals surface area contributed by atoms with Gasteiger partial charge < -0.3 is 9.52 Å². The molecule has 0 aliphatic carbocycles. The first-order valence-electron chi connectivity index (χ1n) is 6.77. The van der Waals surface area contributed by atoms with Gasteiger partial charge in [0.2, 0.25) is 5.89 Å². The van der Waals surface area contributed by atoms with Crippen LogP contribution in [0.2, 0.25) is 5.02 Å². The van der Waals surface area contributed by atoms with Crippen LogP contribution in [0.5, 0.6) is 0 Å². The maximum atomic E-state index is 10.9. The van der Waals surface area contributed by atoms with Gasteiger partial charge in [0.25, 0.3) is 0 Å². The van der Waals surface area contributed by atoms with Crippen LogP contribution in [0.25, 0.3) is 22.5 Å². The smallest absolute Gasteiger partial charge is 0.325 e. The van der Waals surface area contributed by atoms with Crippen LogP contribution in [-0.2, 0) is 4.79 Å². The second kappa shape index (κ2) is 6.48. The minimum Gasteiger partial charge on any atom is -0.480 e. The highest BCUT2D eigenvalue weighted by atomic mass is 35.5. The highest BCUT2D eigenvalue weighted by Crippen LogP contribution is 2.29. The van der Waals surface area contributed by atoms with Gasteiger partial charge in [0.15, 0.2) is 11.0 Å². The third kappa shape index (κ3) is 3.41. The molecule has 0 amide bonds. The summed E-state index contributed by atoms with van der Waals surface area (Å²) in [5.74, 6) is -0.541. The number of rotatable bonds is 4.